The van der Waals surface area contributed by atoms with Crippen molar-refractivity contribution in [3.8, 4) is 0 Å². The Morgan fingerprint density at radius 3 is 2.95 bits per heavy atom. The molecule has 22 heavy (non-hydrogen) atoms. The van der Waals surface area contributed by atoms with Crippen molar-refractivity contribution < 1.29 is 19.4 Å². The first kappa shape index (κ1) is 16.4. The second-order valence-electron chi connectivity index (χ2n) is 5.39. The smallest absolute Gasteiger partial charge is 0.358 e. The molecule has 0 bridgehead atoms. The van der Waals surface area contributed by atoms with Gasteiger partial charge in [0.25, 0.3) is 0 Å². The number of carboxylic acids is 1. The van der Waals surface area contributed by atoms with Crippen LogP contribution in [-0.4, -0.2) is 51.2 Å². The van der Waals surface area contributed by atoms with Gasteiger partial charge in [0, 0.05) is 13.2 Å². The molecule has 1 fully saturated rings. The number of carbonyl (C=O) groups is 2. The van der Waals surface area contributed by atoms with Crippen LogP contribution >= 0.6 is 0 Å². The first-order valence-corrected chi connectivity index (χ1v) is 7.65. The Hall–Kier alpha value is -1.96. The summed E-state index contributed by atoms with van der Waals surface area (Å²) >= 11 is 0. The molecule has 1 aliphatic heterocycles. The van der Waals surface area contributed by atoms with Gasteiger partial charge in [0.2, 0.25) is 5.91 Å². The molecule has 1 aromatic rings. The topological polar surface area (TPSA) is 106 Å². The highest BCUT2D eigenvalue weighted by atomic mass is 16.5. The van der Waals surface area contributed by atoms with Crippen molar-refractivity contribution in [2.75, 3.05) is 13.2 Å². The van der Waals surface area contributed by atoms with Crippen molar-refractivity contribution in [3.05, 3.63) is 11.4 Å². The Morgan fingerprint density at radius 2 is 2.32 bits per heavy atom. The van der Waals surface area contributed by atoms with E-state index in [2.05, 4.69) is 15.6 Å². The molecule has 1 unspecified atom stereocenters. The normalized spacial score (nSPS) is 17.6. The first-order valence-electron chi connectivity index (χ1n) is 7.65. The molecule has 2 N–H and O–H groups in total. The average Bonchev–Trinajstić information content (AvgIpc) is 3.12. The molecule has 1 atom stereocenters. The Kier molecular flexibility index (Phi) is 5.88. The van der Waals surface area contributed by atoms with E-state index in [9.17, 15) is 9.59 Å². The molecule has 1 aromatic heterocycles. The molecule has 0 radical (unpaired) electrons. The molecule has 8 nitrogen and oxygen atoms in total. The van der Waals surface area contributed by atoms with E-state index < -0.39 is 5.97 Å². The number of nitrogens with zero attached hydrogens (tertiary/aromatic N) is 3. The van der Waals surface area contributed by atoms with Crippen molar-refractivity contribution >= 4 is 11.9 Å². The van der Waals surface area contributed by atoms with E-state index in [0.29, 0.717) is 18.7 Å². The number of aromatic nitrogens is 3. The summed E-state index contributed by atoms with van der Waals surface area (Å²) in [4.78, 5) is 23.1. The number of carbonyl (C=O) groups excluding carboxylic acids is 1. The number of amides is 1. The van der Waals surface area contributed by atoms with Crippen LogP contribution < -0.4 is 5.32 Å². The molecular weight excluding hydrogens is 288 g/mol. The van der Waals surface area contributed by atoms with Crippen LogP contribution in [0.1, 0.15) is 48.8 Å². The Morgan fingerprint density at radius 1 is 1.50 bits per heavy atom. The summed E-state index contributed by atoms with van der Waals surface area (Å²) < 4.78 is 6.82. The summed E-state index contributed by atoms with van der Waals surface area (Å²) in [6.45, 7) is 3.21. The van der Waals surface area contributed by atoms with Crippen LogP contribution in [0.4, 0.5) is 0 Å². The summed E-state index contributed by atoms with van der Waals surface area (Å²) in [5.41, 5.74) is 0.432. The van der Waals surface area contributed by atoms with E-state index >= 15 is 0 Å². The van der Waals surface area contributed by atoms with Crippen molar-refractivity contribution in [2.45, 2.75) is 51.7 Å². The van der Waals surface area contributed by atoms with Crippen molar-refractivity contribution in [1.29, 1.82) is 0 Å². The minimum Gasteiger partial charge on any atom is -0.476 e. The summed E-state index contributed by atoms with van der Waals surface area (Å²) in [6.07, 6.45) is 4.35. The predicted octanol–water partition coefficient (Wildman–Crippen LogP) is 0.614. The molecule has 0 aromatic carbocycles. The fourth-order valence-electron chi connectivity index (χ4n) is 2.44. The molecule has 0 spiro atoms. The van der Waals surface area contributed by atoms with E-state index in [4.69, 9.17) is 9.84 Å². The van der Waals surface area contributed by atoms with Crippen LogP contribution in [0.15, 0.2) is 0 Å². The van der Waals surface area contributed by atoms with Gasteiger partial charge in [-0.2, -0.15) is 0 Å². The van der Waals surface area contributed by atoms with Gasteiger partial charge >= 0.3 is 5.97 Å². The minimum absolute atomic E-state index is 0.0218. The van der Waals surface area contributed by atoms with Crippen LogP contribution in [0, 0.1) is 0 Å². The summed E-state index contributed by atoms with van der Waals surface area (Å²) in [5, 5.41) is 19.4. The Labute approximate surface area is 128 Å². The molecule has 2 heterocycles. The fraction of sp³-hybridized carbons (Fsp3) is 0.714. The summed E-state index contributed by atoms with van der Waals surface area (Å²) in [7, 11) is 0. The number of aromatic carboxylic acids is 1. The van der Waals surface area contributed by atoms with Crippen molar-refractivity contribution in [2.24, 2.45) is 0 Å². The van der Waals surface area contributed by atoms with Gasteiger partial charge in [-0.15, -0.1) is 5.10 Å². The van der Waals surface area contributed by atoms with Gasteiger partial charge in [-0.3, -0.25) is 4.79 Å². The SMILES string of the molecule is CCCCc1c(C(=O)O)nnn1CC(=O)NCC1CCCO1. The van der Waals surface area contributed by atoms with E-state index in [0.717, 1.165) is 32.3 Å². The highest BCUT2D eigenvalue weighted by molar-refractivity contribution is 5.86. The molecule has 1 aliphatic rings. The maximum Gasteiger partial charge on any atom is 0.358 e. The van der Waals surface area contributed by atoms with Gasteiger partial charge < -0.3 is 15.2 Å². The molecule has 1 saturated heterocycles. The standard InChI is InChI=1S/C14H22N4O4/c1-2-3-6-11-13(14(20)21)16-17-18(11)9-12(19)15-8-10-5-4-7-22-10/h10H,2-9H2,1H3,(H,15,19)(H,20,21). The highest BCUT2D eigenvalue weighted by Crippen LogP contribution is 2.11. The Bertz CT molecular complexity index is 523. The summed E-state index contributed by atoms with van der Waals surface area (Å²) in [5.74, 6) is -1.33. The number of rotatable bonds is 8. The number of hydrogen-bond donors (Lipinski definition) is 2. The molecule has 122 valence electrons. The van der Waals surface area contributed by atoms with Gasteiger partial charge in [-0.05, 0) is 25.7 Å². The lowest BCUT2D eigenvalue weighted by Crippen LogP contribution is -2.34. The lowest BCUT2D eigenvalue weighted by Gasteiger charge is -2.11. The lowest BCUT2D eigenvalue weighted by atomic mass is 10.1. The van der Waals surface area contributed by atoms with E-state index in [-0.39, 0.29) is 24.2 Å². The fourth-order valence-corrected chi connectivity index (χ4v) is 2.44. The van der Waals surface area contributed by atoms with Crippen molar-refractivity contribution in [1.82, 2.24) is 20.3 Å². The van der Waals surface area contributed by atoms with Crippen LogP contribution in [0.25, 0.3) is 0 Å². The molecule has 1 amide bonds. The van der Waals surface area contributed by atoms with E-state index in [1.807, 2.05) is 6.92 Å². The minimum atomic E-state index is -1.11. The van der Waals surface area contributed by atoms with Crippen LogP contribution in [0.3, 0.4) is 0 Å². The molecule has 8 heteroatoms. The zero-order chi connectivity index (χ0) is 15.9. The second-order valence-corrected chi connectivity index (χ2v) is 5.39. The predicted molar refractivity (Wildman–Crippen MR) is 77.6 cm³/mol. The molecule has 0 saturated carbocycles. The third-order valence-electron chi connectivity index (χ3n) is 3.65. The number of nitrogens with one attached hydrogen (secondary N) is 1. The van der Waals surface area contributed by atoms with Gasteiger partial charge in [0.15, 0.2) is 5.69 Å². The quantitative estimate of drug-likeness (QED) is 0.729. The molecule has 2 rings (SSSR count). The number of unbranched alkanes of at least 4 members (excludes halogenated alkanes) is 1. The number of carboxylic acid groups (broad SMARTS) is 1. The Balaban J connectivity index is 1.95. The monoisotopic (exact) mass is 310 g/mol. The third kappa shape index (κ3) is 4.27. The zero-order valence-electron chi connectivity index (χ0n) is 12.7. The third-order valence-corrected chi connectivity index (χ3v) is 3.65. The maximum absolute atomic E-state index is 12.0. The van der Waals surface area contributed by atoms with E-state index in [1.54, 1.807) is 0 Å². The zero-order valence-corrected chi connectivity index (χ0v) is 12.7. The van der Waals surface area contributed by atoms with Crippen LogP contribution in [0.5, 0.6) is 0 Å². The van der Waals surface area contributed by atoms with Gasteiger partial charge in [-0.1, -0.05) is 18.6 Å². The summed E-state index contributed by atoms with van der Waals surface area (Å²) in [6, 6.07) is 0. The number of hydrogen-bond acceptors (Lipinski definition) is 5. The largest absolute Gasteiger partial charge is 0.476 e. The molecule has 0 aliphatic carbocycles. The number of ether oxygens (including phenoxy) is 1. The van der Waals surface area contributed by atoms with Gasteiger partial charge in [-0.25, -0.2) is 9.48 Å². The first-order chi connectivity index (χ1) is 10.6. The van der Waals surface area contributed by atoms with Crippen LogP contribution in [0.2, 0.25) is 0 Å². The van der Waals surface area contributed by atoms with Gasteiger partial charge in [0.05, 0.1) is 11.8 Å². The second kappa shape index (κ2) is 7.88. The highest BCUT2D eigenvalue weighted by Gasteiger charge is 2.21. The van der Waals surface area contributed by atoms with Crippen LogP contribution in [-0.2, 0) is 22.5 Å². The van der Waals surface area contributed by atoms with E-state index in [1.165, 1.54) is 4.68 Å². The maximum atomic E-state index is 12.0. The van der Waals surface area contributed by atoms with Crippen molar-refractivity contribution in [3.63, 3.8) is 0 Å². The van der Waals surface area contributed by atoms with Gasteiger partial charge in [0.1, 0.15) is 6.54 Å². The average molecular weight is 310 g/mol. The lowest BCUT2D eigenvalue weighted by molar-refractivity contribution is -0.122. The molecular formula is C14H22N4O4.